The lowest BCUT2D eigenvalue weighted by molar-refractivity contribution is -0.116. The van der Waals surface area contributed by atoms with E-state index in [4.69, 9.17) is 4.74 Å². The Bertz CT molecular complexity index is 1550. The molecule has 1 amide bonds. The van der Waals surface area contributed by atoms with Crippen LogP contribution < -0.4 is 15.5 Å². The van der Waals surface area contributed by atoms with Crippen molar-refractivity contribution in [2.24, 2.45) is 0 Å². The average molecular weight is 484 g/mol. The van der Waals surface area contributed by atoms with Crippen LogP contribution in [0.1, 0.15) is 0 Å². The maximum Gasteiger partial charge on any atom is 0.244 e. The van der Waals surface area contributed by atoms with E-state index in [1.807, 2.05) is 0 Å². The number of benzene rings is 3. The number of aromatic nitrogens is 1. The Morgan fingerprint density at radius 2 is 1.59 bits per heavy atom. The molecule has 1 heterocycles. The lowest BCUT2D eigenvalue weighted by Crippen LogP contribution is -2.24. The minimum absolute atomic E-state index is 0.0251. The molecule has 3 aromatic carbocycles. The second-order valence-electron chi connectivity index (χ2n) is 7.35. The van der Waals surface area contributed by atoms with Crippen molar-refractivity contribution in [3.05, 3.63) is 94.8 Å². The van der Waals surface area contributed by atoms with Gasteiger partial charge in [0, 0.05) is 11.9 Å². The number of hydrogen-bond donors (Lipinski definition) is 1. The summed E-state index contributed by atoms with van der Waals surface area (Å²) in [4.78, 5) is 25.0. The Morgan fingerprint density at radius 1 is 0.971 bits per heavy atom. The fourth-order valence-corrected chi connectivity index (χ4v) is 4.80. The van der Waals surface area contributed by atoms with Crippen molar-refractivity contribution in [1.29, 1.82) is 0 Å². The average Bonchev–Trinajstić information content (AvgIpc) is 2.82. The van der Waals surface area contributed by atoms with E-state index in [1.54, 1.807) is 6.07 Å². The monoisotopic (exact) mass is 484 g/mol. The third-order valence-corrected chi connectivity index (χ3v) is 6.87. The van der Waals surface area contributed by atoms with Crippen LogP contribution in [0.4, 0.5) is 14.5 Å². The van der Waals surface area contributed by atoms with Gasteiger partial charge in [0.25, 0.3) is 0 Å². The fraction of sp³-hybridized carbons (Fsp3) is 0.0833. The number of pyridine rings is 1. The first-order valence-corrected chi connectivity index (χ1v) is 11.4. The summed E-state index contributed by atoms with van der Waals surface area (Å²) in [5.41, 5.74) is -0.135. The van der Waals surface area contributed by atoms with Gasteiger partial charge in [0.05, 0.1) is 22.9 Å². The van der Waals surface area contributed by atoms with Crippen LogP contribution in [-0.2, 0) is 21.2 Å². The molecule has 1 aromatic heterocycles. The molecule has 0 unspecified atom stereocenters. The Hall–Kier alpha value is -4.05. The molecule has 1 N–H and O–H groups in total. The minimum atomic E-state index is -4.33. The highest BCUT2D eigenvalue weighted by atomic mass is 32.2. The fourth-order valence-electron chi connectivity index (χ4n) is 3.43. The molecule has 0 saturated heterocycles. The van der Waals surface area contributed by atoms with Crippen LogP contribution in [0.5, 0.6) is 5.75 Å². The van der Waals surface area contributed by atoms with E-state index >= 15 is 0 Å². The third-order valence-electron chi connectivity index (χ3n) is 5.11. The third kappa shape index (κ3) is 4.53. The van der Waals surface area contributed by atoms with Crippen LogP contribution in [0, 0.1) is 11.6 Å². The Balaban J connectivity index is 1.83. The van der Waals surface area contributed by atoms with Crippen molar-refractivity contribution in [2.45, 2.75) is 16.3 Å². The molecule has 0 aliphatic rings. The molecular formula is C24H18F2N2O5S. The predicted molar refractivity (Wildman–Crippen MR) is 122 cm³/mol. The van der Waals surface area contributed by atoms with Crippen LogP contribution >= 0.6 is 0 Å². The normalized spacial score (nSPS) is 11.4. The molecule has 0 bridgehead atoms. The summed E-state index contributed by atoms with van der Waals surface area (Å²) in [6.07, 6.45) is 1.08. The summed E-state index contributed by atoms with van der Waals surface area (Å²) >= 11 is 0. The van der Waals surface area contributed by atoms with E-state index < -0.39 is 37.7 Å². The van der Waals surface area contributed by atoms with Crippen LogP contribution in [-0.4, -0.2) is 26.0 Å². The van der Waals surface area contributed by atoms with Gasteiger partial charge in [-0.1, -0.05) is 0 Å². The Labute approximate surface area is 193 Å². The zero-order valence-electron chi connectivity index (χ0n) is 17.8. The van der Waals surface area contributed by atoms with Crippen LogP contribution in [0.25, 0.3) is 10.9 Å². The Morgan fingerprint density at radius 3 is 2.21 bits per heavy atom. The van der Waals surface area contributed by atoms with E-state index in [-0.39, 0.29) is 16.8 Å². The van der Waals surface area contributed by atoms with Gasteiger partial charge in [-0.05, 0) is 66.7 Å². The quantitative estimate of drug-likeness (QED) is 0.421. The van der Waals surface area contributed by atoms with Gasteiger partial charge in [0.15, 0.2) is 0 Å². The van der Waals surface area contributed by atoms with Gasteiger partial charge in [0.2, 0.25) is 21.2 Å². The summed E-state index contributed by atoms with van der Waals surface area (Å²) in [6, 6.07) is 13.7. The molecular weight excluding hydrogens is 466 g/mol. The summed E-state index contributed by atoms with van der Waals surface area (Å²) in [6.45, 7) is -0.341. The number of fused-ring (bicyclic) bond motifs is 1. The first kappa shape index (κ1) is 23.1. The molecule has 4 aromatic rings. The molecule has 0 spiro atoms. The molecule has 4 rings (SSSR count). The highest BCUT2D eigenvalue weighted by Crippen LogP contribution is 2.24. The minimum Gasteiger partial charge on any atom is -0.497 e. The van der Waals surface area contributed by atoms with Gasteiger partial charge >= 0.3 is 0 Å². The van der Waals surface area contributed by atoms with Gasteiger partial charge in [-0.3, -0.25) is 9.59 Å². The summed E-state index contributed by atoms with van der Waals surface area (Å²) < 4.78 is 59.4. The molecule has 10 heteroatoms. The molecule has 0 aliphatic heterocycles. The molecule has 34 heavy (non-hydrogen) atoms. The maximum atomic E-state index is 13.3. The zero-order valence-corrected chi connectivity index (χ0v) is 18.6. The van der Waals surface area contributed by atoms with Crippen LogP contribution in [0.2, 0.25) is 0 Å². The molecule has 0 aliphatic carbocycles. The van der Waals surface area contributed by atoms with Crippen molar-refractivity contribution >= 4 is 32.3 Å². The summed E-state index contributed by atoms with van der Waals surface area (Å²) in [5.74, 6) is -1.30. The number of halogens is 2. The van der Waals surface area contributed by atoms with Crippen molar-refractivity contribution in [3.8, 4) is 5.75 Å². The first-order valence-electron chi connectivity index (χ1n) is 9.96. The number of hydrogen-bond acceptors (Lipinski definition) is 5. The first-order chi connectivity index (χ1) is 16.2. The number of rotatable bonds is 6. The van der Waals surface area contributed by atoms with Crippen molar-refractivity contribution < 1.29 is 26.7 Å². The maximum absolute atomic E-state index is 13.3. The van der Waals surface area contributed by atoms with E-state index in [0.717, 1.165) is 30.5 Å². The molecule has 0 radical (unpaired) electrons. The SMILES string of the molecule is COc1ccc2c(c1)c(=O)c(S(=O)(=O)c1ccc(F)cc1)cn2CC(=O)Nc1ccc(F)cc1. The lowest BCUT2D eigenvalue weighted by Gasteiger charge is -2.15. The molecule has 7 nitrogen and oxygen atoms in total. The summed E-state index contributed by atoms with van der Waals surface area (Å²) in [7, 11) is -2.94. The van der Waals surface area contributed by atoms with Gasteiger partial charge in [0.1, 0.15) is 28.8 Å². The number of nitrogens with zero attached hydrogens (tertiary/aromatic N) is 1. The highest BCUT2D eigenvalue weighted by molar-refractivity contribution is 7.91. The molecule has 0 fully saturated rings. The number of methoxy groups -OCH3 is 1. The number of carbonyl (C=O) groups is 1. The van der Waals surface area contributed by atoms with Gasteiger partial charge in [-0.2, -0.15) is 0 Å². The van der Waals surface area contributed by atoms with Crippen molar-refractivity contribution in [3.63, 3.8) is 0 Å². The van der Waals surface area contributed by atoms with E-state index in [0.29, 0.717) is 17.0 Å². The summed E-state index contributed by atoms with van der Waals surface area (Å²) in [5, 5.41) is 2.62. The second-order valence-corrected chi connectivity index (χ2v) is 9.26. The lowest BCUT2D eigenvalue weighted by atomic mass is 10.2. The van der Waals surface area contributed by atoms with Gasteiger partial charge < -0.3 is 14.6 Å². The number of ether oxygens (including phenoxy) is 1. The van der Waals surface area contributed by atoms with Gasteiger partial charge in [-0.25, -0.2) is 17.2 Å². The number of nitrogens with one attached hydrogen (secondary N) is 1. The smallest absolute Gasteiger partial charge is 0.244 e. The topological polar surface area (TPSA) is 94.5 Å². The van der Waals surface area contributed by atoms with E-state index in [1.165, 1.54) is 48.1 Å². The number of carbonyl (C=O) groups excluding carboxylic acids is 1. The molecule has 0 saturated carbocycles. The molecule has 0 atom stereocenters. The Kier molecular flexibility index (Phi) is 6.16. The number of amides is 1. The van der Waals surface area contributed by atoms with Crippen LogP contribution in [0.3, 0.4) is 0 Å². The second kappa shape index (κ2) is 9.06. The van der Waals surface area contributed by atoms with Crippen molar-refractivity contribution in [1.82, 2.24) is 4.57 Å². The standard InChI is InChI=1S/C24H18F2N2O5S/c1-33-18-8-11-21-20(12-18)24(30)22(34(31,32)19-9-4-16(26)5-10-19)13-28(21)14-23(29)27-17-6-2-15(25)3-7-17/h2-13H,14H2,1H3,(H,27,29). The largest absolute Gasteiger partial charge is 0.497 e. The van der Waals surface area contributed by atoms with Crippen LogP contribution in [0.15, 0.2) is 87.5 Å². The van der Waals surface area contributed by atoms with Gasteiger partial charge in [-0.15, -0.1) is 0 Å². The zero-order chi connectivity index (χ0) is 24.5. The number of sulfone groups is 1. The van der Waals surface area contributed by atoms with Crippen molar-refractivity contribution in [2.75, 3.05) is 12.4 Å². The van der Waals surface area contributed by atoms with E-state index in [2.05, 4.69) is 5.32 Å². The predicted octanol–water partition coefficient (Wildman–Crippen LogP) is 3.76. The van der Waals surface area contributed by atoms with E-state index in [9.17, 15) is 26.8 Å². The highest BCUT2D eigenvalue weighted by Gasteiger charge is 2.24. The molecule has 174 valence electrons. The number of anilines is 1.